The van der Waals surface area contributed by atoms with Gasteiger partial charge < -0.3 is 5.73 Å². The van der Waals surface area contributed by atoms with Gasteiger partial charge in [-0.2, -0.15) is 5.10 Å². The van der Waals surface area contributed by atoms with E-state index in [4.69, 9.17) is 5.73 Å². The molecule has 0 atom stereocenters. The van der Waals surface area contributed by atoms with Gasteiger partial charge in [0.05, 0.1) is 5.69 Å². The maximum Gasteiger partial charge on any atom is 0.183 e. The molecule has 2 aromatic rings. The van der Waals surface area contributed by atoms with Crippen molar-refractivity contribution in [2.75, 3.05) is 5.73 Å². The first-order valence-electron chi connectivity index (χ1n) is 4.04. The minimum atomic E-state index is 0.542. The lowest BCUT2D eigenvalue weighted by Crippen LogP contribution is -1.93. The number of nitrogens with two attached hydrogens (primary N) is 1. The van der Waals surface area contributed by atoms with Crippen molar-refractivity contribution in [1.29, 1.82) is 0 Å². The van der Waals surface area contributed by atoms with Crippen LogP contribution in [0, 0.1) is 0 Å². The third-order valence-electron chi connectivity index (χ3n) is 1.58. The second kappa shape index (κ2) is 4.10. The summed E-state index contributed by atoms with van der Waals surface area (Å²) in [7, 11) is 0. The van der Waals surface area contributed by atoms with E-state index in [-0.39, 0.29) is 0 Å². The quantitative estimate of drug-likeness (QED) is 0.736. The van der Waals surface area contributed by atoms with Gasteiger partial charge in [-0.05, 0) is 12.1 Å². The summed E-state index contributed by atoms with van der Waals surface area (Å²) in [6, 6.07) is 5.58. The fourth-order valence-corrected chi connectivity index (χ4v) is 1.67. The third-order valence-corrected chi connectivity index (χ3v) is 2.49. The number of pyridine rings is 1. The number of rotatable bonds is 3. The van der Waals surface area contributed by atoms with Crippen molar-refractivity contribution < 1.29 is 0 Å². The van der Waals surface area contributed by atoms with Gasteiger partial charge in [0.2, 0.25) is 0 Å². The summed E-state index contributed by atoms with van der Waals surface area (Å²) in [5, 5.41) is 7.30. The Hall–Kier alpha value is -1.56. The normalized spacial score (nSPS) is 10.3. The van der Waals surface area contributed by atoms with E-state index in [0.29, 0.717) is 5.82 Å². The highest BCUT2D eigenvalue weighted by Gasteiger charge is 1.99. The van der Waals surface area contributed by atoms with Crippen LogP contribution in [0.4, 0.5) is 5.82 Å². The van der Waals surface area contributed by atoms with E-state index in [0.717, 1.165) is 16.6 Å². The molecule has 2 rings (SSSR count). The zero-order valence-electron chi connectivity index (χ0n) is 7.34. The number of anilines is 1. The first kappa shape index (κ1) is 9.01. The van der Waals surface area contributed by atoms with E-state index in [1.165, 1.54) is 6.33 Å². The first-order valence-corrected chi connectivity index (χ1v) is 5.03. The van der Waals surface area contributed by atoms with Crippen LogP contribution in [-0.2, 0) is 5.75 Å². The maximum atomic E-state index is 5.55. The molecule has 0 aliphatic heterocycles. The lowest BCUT2D eigenvalue weighted by molar-refractivity contribution is 0.971. The van der Waals surface area contributed by atoms with Gasteiger partial charge in [0.25, 0.3) is 0 Å². The number of nitrogens with zero attached hydrogens (tertiary/aromatic N) is 3. The topological polar surface area (TPSA) is 80.5 Å². The molecular formula is C8H9N5S. The number of aromatic amines is 1. The Balaban J connectivity index is 1.98. The number of hydrogen-bond donors (Lipinski definition) is 2. The van der Waals surface area contributed by atoms with Crippen LogP contribution in [0.1, 0.15) is 5.69 Å². The monoisotopic (exact) mass is 207 g/mol. The van der Waals surface area contributed by atoms with E-state index < -0.39 is 0 Å². The van der Waals surface area contributed by atoms with Crippen LogP contribution in [0.15, 0.2) is 29.7 Å². The van der Waals surface area contributed by atoms with Gasteiger partial charge in [-0.3, -0.25) is 5.10 Å². The molecule has 2 heterocycles. The highest BCUT2D eigenvalue weighted by molar-refractivity contribution is 7.98. The second-order valence-electron chi connectivity index (χ2n) is 2.63. The summed E-state index contributed by atoms with van der Waals surface area (Å²) in [6.45, 7) is 0. The highest BCUT2D eigenvalue weighted by Crippen LogP contribution is 2.16. The molecule has 0 saturated heterocycles. The Kier molecular flexibility index (Phi) is 2.64. The van der Waals surface area contributed by atoms with E-state index in [1.807, 2.05) is 12.1 Å². The zero-order valence-corrected chi connectivity index (χ0v) is 8.16. The number of aromatic nitrogens is 4. The van der Waals surface area contributed by atoms with E-state index in [2.05, 4.69) is 20.2 Å². The fourth-order valence-electron chi connectivity index (χ4n) is 0.985. The Labute approximate surface area is 85.2 Å². The van der Waals surface area contributed by atoms with Crippen molar-refractivity contribution in [2.24, 2.45) is 0 Å². The molecule has 0 saturated carbocycles. The SMILES string of the molecule is Nc1cccc(CSc2ncn[nH]2)n1. The summed E-state index contributed by atoms with van der Waals surface area (Å²) in [6.07, 6.45) is 1.48. The summed E-state index contributed by atoms with van der Waals surface area (Å²) in [5.41, 5.74) is 6.49. The van der Waals surface area contributed by atoms with Crippen molar-refractivity contribution in [2.45, 2.75) is 10.9 Å². The minimum absolute atomic E-state index is 0.542. The lowest BCUT2D eigenvalue weighted by atomic mass is 10.4. The molecule has 0 bridgehead atoms. The molecule has 0 aromatic carbocycles. The number of thioether (sulfide) groups is 1. The highest BCUT2D eigenvalue weighted by atomic mass is 32.2. The molecule has 0 radical (unpaired) electrons. The van der Waals surface area contributed by atoms with Crippen molar-refractivity contribution in [1.82, 2.24) is 20.2 Å². The Morgan fingerprint density at radius 3 is 3.07 bits per heavy atom. The Bertz CT molecular complexity index is 400. The number of H-pyrrole nitrogens is 1. The molecular weight excluding hydrogens is 198 g/mol. The Morgan fingerprint density at radius 1 is 1.43 bits per heavy atom. The van der Waals surface area contributed by atoms with Crippen LogP contribution in [0.25, 0.3) is 0 Å². The summed E-state index contributed by atoms with van der Waals surface area (Å²) in [4.78, 5) is 8.16. The molecule has 5 nitrogen and oxygen atoms in total. The van der Waals surface area contributed by atoms with Gasteiger partial charge in [-0.1, -0.05) is 17.8 Å². The van der Waals surface area contributed by atoms with Crippen LogP contribution in [0.3, 0.4) is 0 Å². The summed E-state index contributed by atoms with van der Waals surface area (Å²) < 4.78 is 0. The van der Waals surface area contributed by atoms with Crippen molar-refractivity contribution in [3.8, 4) is 0 Å². The first-order chi connectivity index (χ1) is 6.84. The van der Waals surface area contributed by atoms with Crippen LogP contribution in [-0.4, -0.2) is 20.2 Å². The Morgan fingerprint density at radius 2 is 2.36 bits per heavy atom. The van der Waals surface area contributed by atoms with Crippen LogP contribution < -0.4 is 5.73 Å². The largest absolute Gasteiger partial charge is 0.384 e. The molecule has 14 heavy (non-hydrogen) atoms. The smallest absolute Gasteiger partial charge is 0.183 e. The van der Waals surface area contributed by atoms with E-state index in [1.54, 1.807) is 17.8 Å². The number of nitrogen functional groups attached to an aromatic ring is 1. The molecule has 0 spiro atoms. The van der Waals surface area contributed by atoms with Crippen LogP contribution >= 0.6 is 11.8 Å². The van der Waals surface area contributed by atoms with Gasteiger partial charge in [-0.25, -0.2) is 9.97 Å². The van der Waals surface area contributed by atoms with Gasteiger partial charge in [0.1, 0.15) is 12.1 Å². The van der Waals surface area contributed by atoms with Crippen LogP contribution in [0.2, 0.25) is 0 Å². The third kappa shape index (κ3) is 2.23. The molecule has 0 unspecified atom stereocenters. The molecule has 0 aliphatic rings. The van der Waals surface area contributed by atoms with Gasteiger partial charge in [0, 0.05) is 5.75 Å². The van der Waals surface area contributed by atoms with Crippen molar-refractivity contribution in [3.05, 3.63) is 30.2 Å². The minimum Gasteiger partial charge on any atom is -0.384 e. The molecule has 3 N–H and O–H groups in total. The molecule has 2 aromatic heterocycles. The lowest BCUT2D eigenvalue weighted by Gasteiger charge is -1.98. The van der Waals surface area contributed by atoms with Gasteiger partial charge in [-0.15, -0.1) is 0 Å². The predicted molar refractivity (Wildman–Crippen MR) is 54.6 cm³/mol. The van der Waals surface area contributed by atoms with Gasteiger partial charge in [0.15, 0.2) is 5.16 Å². The van der Waals surface area contributed by atoms with Crippen molar-refractivity contribution in [3.63, 3.8) is 0 Å². The predicted octanol–water partition coefficient (Wildman–Crippen LogP) is 1.07. The average Bonchev–Trinajstić information content (AvgIpc) is 2.67. The molecule has 0 amide bonds. The number of hydrogen-bond acceptors (Lipinski definition) is 5. The van der Waals surface area contributed by atoms with E-state index in [9.17, 15) is 0 Å². The van der Waals surface area contributed by atoms with E-state index >= 15 is 0 Å². The maximum absolute atomic E-state index is 5.55. The summed E-state index contributed by atoms with van der Waals surface area (Å²) in [5.74, 6) is 1.28. The zero-order chi connectivity index (χ0) is 9.80. The average molecular weight is 207 g/mol. The second-order valence-corrected chi connectivity index (χ2v) is 3.60. The summed E-state index contributed by atoms with van der Waals surface area (Å²) >= 11 is 1.54. The molecule has 0 aliphatic carbocycles. The van der Waals surface area contributed by atoms with Crippen LogP contribution in [0.5, 0.6) is 0 Å². The van der Waals surface area contributed by atoms with Gasteiger partial charge >= 0.3 is 0 Å². The number of nitrogens with one attached hydrogen (secondary N) is 1. The molecule has 72 valence electrons. The standard InChI is InChI=1S/C8H9N5S/c9-7-3-1-2-6(12-7)4-14-8-10-5-11-13-8/h1-3,5H,4H2,(H2,9,12)(H,10,11,13). The fraction of sp³-hybridized carbons (Fsp3) is 0.125. The molecule has 0 fully saturated rings. The van der Waals surface area contributed by atoms with Crippen molar-refractivity contribution >= 4 is 17.6 Å². The molecule has 6 heteroatoms.